The highest BCUT2D eigenvalue weighted by Crippen LogP contribution is 2.20. The van der Waals surface area contributed by atoms with Crippen LogP contribution in [0, 0.1) is 5.92 Å². The van der Waals surface area contributed by atoms with Crippen molar-refractivity contribution in [3.63, 3.8) is 0 Å². The predicted octanol–water partition coefficient (Wildman–Crippen LogP) is 2.00. The van der Waals surface area contributed by atoms with Crippen LogP contribution in [0.1, 0.15) is 25.7 Å². The van der Waals surface area contributed by atoms with E-state index in [1.54, 1.807) is 24.3 Å². The summed E-state index contributed by atoms with van der Waals surface area (Å²) in [6.45, 7) is 4.51. The van der Waals surface area contributed by atoms with Gasteiger partial charge in [-0.3, -0.25) is 4.98 Å². The van der Waals surface area contributed by atoms with Crippen LogP contribution in [0.15, 0.2) is 29.0 Å². The average Bonchev–Trinajstić information content (AvgIpc) is 3.11. The quantitative estimate of drug-likeness (QED) is 0.880. The molecule has 0 spiro atoms. The van der Waals surface area contributed by atoms with Crippen LogP contribution in [0.2, 0.25) is 0 Å². The molecule has 2 aromatic heterocycles. The molecule has 3 heterocycles. The molecule has 2 amide bonds. The Hall–Kier alpha value is -2.48. The maximum Gasteiger partial charge on any atom is 0.317 e. The maximum atomic E-state index is 12.4. The van der Waals surface area contributed by atoms with Gasteiger partial charge in [0, 0.05) is 31.0 Å². The van der Waals surface area contributed by atoms with Crippen LogP contribution in [0.5, 0.6) is 0 Å². The second kappa shape index (κ2) is 8.27. The molecule has 0 radical (unpaired) electrons. The predicted molar refractivity (Wildman–Crippen MR) is 97.2 cm³/mol. The number of aromatic nitrogens is 3. The molecule has 2 aromatic rings. The Morgan fingerprint density at radius 3 is 2.77 bits per heavy atom. The molecule has 0 saturated carbocycles. The van der Waals surface area contributed by atoms with Gasteiger partial charge in [-0.25, -0.2) is 4.79 Å². The summed E-state index contributed by atoms with van der Waals surface area (Å²) in [7, 11) is 3.87. The number of pyridine rings is 1. The molecule has 140 valence electrons. The summed E-state index contributed by atoms with van der Waals surface area (Å²) in [6, 6.07) is 3.65. The van der Waals surface area contributed by atoms with E-state index in [9.17, 15) is 4.79 Å². The topological polar surface area (TPSA) is 87.4 Å². The lowest BCUT2D eigenvalue weighted by Crippen LogP contribution is -2.47. The Kier molecular flexibility index (Phi) is 5.82. The van der Waals surface area contributed by atoms with Gasteiger partial charge in [-0.05, 0) is 58.0 Å². The highest BCUT2D eigenvalue weighted by atomic mass is 16.5. The third-order valence-corrected chi connectivity index (χ3v) is 4.95. The summed E-state index contributed by atoms with van der Waals surface area (Å²) >= 11 is 0. The zero-order valence-electron chi connectivity index (χ0n) is 15.6. The Balaban J connectivity index is 1.52. The summed E-state index contributed by atoms with van der Waals surface area (Å²) in [5.41, 5.74) is 0.831. The maximum absolute atomic E-state index is 12.4. The minimum absolute atomic E-state index is 0.125. The van der Waals surface area contributed by atoms with Gasteiger partial charge in [0.2, 0.25) is 11.7 Å². The van der Waals surface area contributed by atoms with Crippen molar-refractivity contribution >= 4 is 6.03 Å². The summed E-state index contributed by atoms with van der Waals surface area (Å²) < 4.78 is 5.26. The molecule has 0 aromatic carbocycles. The fourth-order valence-corrected chi connectivity index (χ4v) is 3.16. The van der Waals surface area contributed by atoms with Crippen molar-refractivity contribution in [1.82, 2.24) is 30.2 Å². The van der Waals surface area contributed by atoms with E-state index in [4.69, 9.17) is 4.52 Å². The van der Waals surface area contributed by atoms with Crippen molar-refractivity contribution in [2.45, 2.75) is 32.4 Å². The third-order valence-electron chi connectivity index (χ3n) is 4.95. The standard InChI is InChI=1S/C18H26N6O2/c1-13(14-6-10-23(2)11-7-14)20-18(25)24(3)12-16-21-17(22-26-16)15-4-8-19-9-5-15/h4-5,8-9,13-14H,6-7,10-12H2,1-3H3,(H,20,25)/t13-/m1/s1. The molecule has 1 aliphatic heterocycles. The van der Waals surface area contributed by atoms with Gasteiger partial charge in [0.15, 0.2) is 0 Å². The van der Waals surface area contributed by atoms with E-state index < -0.39 is 0 Å². The van der Waals surface area contributed by atoms with Gasteiger partial charge in [-0.15, -0.1) is 0 Å². The molecule has 3 rings (SSSR count). The number of likely N-dealkylation sites (tertiary alicyclic amines) is 1. The van der Waals surface area contributed by atoms with E-state index in [0.29, 0.717) is 17.6 Å². The van der Waals surface area contributed by atoms with Gasteiger partial charge in [-0.1, -0.05) is 5.16 Å². The second-order valence-corrected chi connectivity index (χ2v) is 6.98. The molecule has 0 aliphatic carbocycles. The SMILES string of the molecule is C[C@@H](NC(=O)N(C)Cc1nc(-c2ccncc2)no1)C1CCN(C)CC1. The van der Waals surface area contributed by atoms with Crippen LogP contribution >= 0.6 is 0 Å². The lowest BCUT2D eigenvalue weighted by molar-refractivity contribution is 0.170. The minimum atomic E-state index is -0.125. The molecule has 26 heavy (non-hydrogen) atoms. The summed E-state index contributed by atoms with van der Waals surface area (Å²) in [6.07, 6.45) is 5.58. The molecule has 1 saturated heterocycles. The average molecular weight is 358 g/mol. The van der Waals surface area contributed by atoms with Crippen LogP contribution < -0.4 is 5.32 Å². The van der Waals surface area contributed by atoms with E-state index in [2.05, 4.69) is 39.3 Å². The minimum Gasteiger partial charge on any atom is -0.337 e. The zero-order chi connectivity index (χ0) is 18.5. The van der Waals surface area contributed by atoms with Gasteiger partial charge in [0.05, 0.1) is 0 Å². The largest absolute Gasteiger partial charge is 0.337 e. The lowest BCUT2D eigenvalue weighted by atomic mass is 9.90. The number of carbonyl (C=O) groups excluding carboxylic acids is 1. The van der Waals surface area contributed by atoms with E-state index in [-0.39, 0.29) is 18.6 Å². The van der Waals surface area contributed by atoms with Crippen molar-refractivity contribution in [3.05, 3.63) is 30.4 Å². The van der Waals surface area contributed by atoms with E-state index in [0.717, 1.165) is 31.5 Å². The first kappa shape index (κ1) is 18.3. The number of amides is 2. The monoisotopic (exact) mass is 358 g/mol. The third kappa shape index (κ3) is 4.57. The normalized spacial score (nSPS) is 17.0. The van der Waals surface area contributed by atoms with Crippen LogP contribution in [0.25, 0.3) is 11.4 Å². The molecule has 1 atom stereocenters. The van der Waals surface area contributed by atoms with Gasteiger partial charge in [-0.2, -0.15) is 4.98 Å². The first-order chi connectivity index (χ1) is 12.5. The Labute approximate surface area is 153 Å². The van der Waals surface area contributed by atoms with Gasteiger partial charge in [0.25, 0.3) is 0 Å². The fraction of sp³-hybridized carbons (Fsp3) is 0.556. The van der Waals surface area contributed by atoms with Crippen LogP contribution in [-0.2, 0) is 6.54 Å². The van der Waals surface area contributed by atoms with Crippen molar-refractivity contribution in [2.75, 3.05) is 27.2 Å². The molecule has 0 unspecified atom stereocenters. The molecule has 8 nitrogen and oxygen atoms in total. The van der Waals surface area contributed by atoms with Crippen molar-refractivity contribution < 1.29 is 9.32 Å². The van der Waals surface area contributed by atoms with E-state index in [1.807, 2.05) is 12.1 Å². The molecule has 8 heteroatoms. The van der Waals surface area contributed by atoms with Crippen molar-refractivity contribution in [2.24, 2.45) is 5.92 Å². The Morgan fingerprint density at radius 1 is 1.38 bits per heavy atom. The number of hydrogen-bond acceptors (Lipinski definition) is 6. The Bertz CT molecular complexity index is 711. The smallest absolute Gasteiger partial charge is 0.317 e. The summed E-state index contributed by atoms with van der Waals surface area (Å²) in [4.78, 5) is 24.7. The number of rotatable bonds is 5. The van der Waals surface area contributed by atoms with Crippen molar-refractivity contribution in [1.29, 1.82) is 0 Å². The first-order valence-corrected chi connectivity index (χ1v) is 8.96. The van der Waals surface area contributed by atoms with Crippen LogP contribution in [0.3, 0.4) is 0 Å². The van der Waals surface area contributed by atoms with Gasteiger partial charge >= 0.3 is 6.03 Å². The summed E-state index contributed by atoms with van der Waals surface area (Å²) in [5.74, 6) is 1.42. The number of nitrogens with zero attached hydrogens (tertiary/aromatic N) is 5. The molecule has 1 fully saturated rings. The highest BCUT2D eigenvalue weighted by Gasteiger charge is 2.24. The number of carbonyl (C=O) groups is 1. The molecule has 1 N–H and O–H groups in total. The van der Waals surface area contributed by atoms with Crippen LogP contribution in [0.4, 0.5) is 4.79 Å². The molecular weight excluding hydrogens is 332 g/mol. The molecule has 0 bridgehead atoms. The van der Waals surface area contributed by atoms with Gasteiger partial charge < -0.3 is 19.6 Å². The molecule has 1 aliphatic rings. The van der Waals surface area contributed by atoms with Crippen LogP contribution in [-0.4, -0.2) is 64.2 Å². The molecular formula is C18H26N6O2. The number of nitrogens with one attached hydrogen (secondary N) is 1. The zero-order valence-corrected chi connectivity index (χ0v) is 15.6. The van der Waals surface area contributed by atoms with Crippen molar-refractivity contribution in [3.8, 4) is 11.4 Å². The fourth-order valence-electron chi connectivity index (χ4n) is 3.16. The number of urea groups is 1. The Morgan fingerprint density at radius 2 is 2.08 bits per heavy atom. The first-order valence-electron chi connectivity index (χ1n) is 8.96. The number of piperidine rings is 1. The second-order valence-electron chi connectivity index (χ2n) is 6.98. The number of hydrogen-bond donors (Lipinski definition) is 1. The lowest BCUT2D eigenvalue weighted by Gasteiger charge is -2.33. The van der Waals surface area contributed by atoms with Gasteiger partial charge in [0.1, 0.15) is 6.54 Å². The van der Waals surface area contributed by atoms with E-state index >= 15 is 0 Å². The van der Waals surface area contributed by atoms with E-state index in [1.165, 1.54) is 0 Å². The highest BCUT2D eigenvalue weighted by molar-refractivity contribution is 5.74. The summed E-state index contributed by atoms with van der Waals surface area (Å²) in [5, 5.41) is 7.06.